The topological polar surface area (TPSA) is 83.1 Å². The van der Waals surface area contributed by atoms with Crippen LogP contribution in [0.3, 0.4) is 0 Å². The molecule has 2 aromatic carbocycles. The minimum Gasteiger partial charge on any atom is -0.338 e. The molecule has 140 valence electrons. The minimum atomic E-state index is -0.307. The van der Waals surface area contributed by atoms with E-state index in [9.17, 15) is 9.59 Å². The average molecular weight is 382 g/mol. The molecule has 1 aromatic heterocycles. The van der Waals surface area contributed by atoms with Crippen molar-refractivity contribution in [2.45, 2.75) is 26.7 Å². The fourth-order valence-electron chi connectivity index (χ4n) is 2.64. The molecule has 0 aliphatic rings. The second kappa shape index (κ2) is 8.64. The van der Waals surface area contributed by atoms with Crippen molar-refractivity contribution >= 4 is 44.9 Å². The van der Waals surface area contributed by atoms with E-state index in [1.165, 1.54) is 0 Å². The molecule has 0 saturated heterocycles. The van der Waals surface area contributed by atoms with Gasteiger partial charge in [-0.15, -0.1) is 0 Å². The van der Waals surface area contributed by atoms with Gasteiger partial charge < -0.3 is 10.6 Å². The molecule has 3 rings (SSSR count). The molecule has 3 N–H and O–H groups in total. The smallest absolute Gasteiger partial charge is 0.321 e. The quantitative estimate of drug-likeness (QED) is 0.537. The number of thiazole rings is 1. The third-order valence-corrected chi connectivity index (χ3v) is 5.12. The molecule has 6 nitrogen and oxygen atoms in total. The minimum absolute atomic E-state index is 0.236. The Morgan fingerprint density at radius 1 is 1.07 bits per heavy atom. The van der Waals surface area contributed by atoms with E-state index in [2.05, 4.69) is 27.9 Å². The Hall–Kier alpha value is -2.93. The Morgan fingerprint density at radius 2 is 1.85 bits per heavy atom. The van der Waals surface area contributed by atoms with Crippen molar-refractivity contribution in [3.63, 3.8) is 0 Å². The molecule has 3 aromatic rings. The molecule has 27 heavy (non-hydrogen) atoms. The Balaban J connectivity index is 1.67. The fourth-order valence-corrected chi connectivity index (χ4v) is 3.49. The van der Waals surface area contributed by atoms with Gasteiger partial charge in [0.25, 0.3) is 5.91 Å². The highest BCUT2D eigenvalue weighted by molar-refractivity contribution is 7.17. The van der Waals surface area contributed by atoms with Crippen LogP contribution in [0.4, 0.5) is 15.6 Å². The molecule has 0 aliphatic carbocycles. The number of nitrogens with one attached hydrogen (secondary N) is 3. The van der Waals surface area contributed by atoms with E-state index in [1.54, 1.807) is 6.92 Å². The zero-order valence-electron chi connectivity index (χ0n) is 15.3. The Bertz CT molecular complexity index is 968. The molecule has 0 spiro atoms. The van der Waals surface area contributed by atoms with Gasteiger partial charge in [-0.1, -0.05) is 55.0 Å². The first-order chi connectivity index (χ1) is 13.1. The summed E-state index contributed by atoms with van der Waals surface area (Å²) in [6, 6.07) is 13.4. The molecule has 0 aliphatic heterocycles. The standard InChI is InChI=1S/C20H22N4O2S/c1-3-4-11-21-19(26)24-20-22-13(2)17(27-20)18(25)23-16-10-9-14-7-5-6-8-15(14)12-16/h5-10,12H,3-4,11H2,1-2H3,(H,23,25)(H2,21,22,24,26). The summed E-state index contributed by atoms with van der Waals surface area (Å²) >= 11 is 1.16. The molecule has 1 heterocycles. The van der Waals surface area contributed by atoms with Crippen LogP contribution in [0.5, 0.6) is 0 Å². The summed E-state index contributed by atoms with van der Waals surface area (Å²) in [6.45, 7) is 4.43. The first-order valence-corrected chi connectivity index (χ1v) is 9.71. The number of amides is 3. The number of fused-ring (bicyclic) bond motifs is 1. The van der Waals surface area contributed by atoms with Crippen LogP contribution >= 0.6 is 11.3 Å². The van der Waals surface area contributed by atoms with Crippen LogP contribution in [0, 0.1) is 6.92 Å². The van der Waals surface area contributed by atoms with Crippen LogP contribution in [0.25, 0.3) is 10.8 Å². The van der Waals surface area contributed by atoms with Crippen molar-refractivity contribution in [1.29, 1.82) is 0 Å². The molecule has 0 radical (unpaired) electrons. The summed E-state index contributed by atoms with van der Waals surface area (Å²) < 4.78 is 0. The normalized spacial score (nSPS) is 10.6. The van der Waals surface area contributed by atoms with E-state index in [4.69, 9.17) is 0 Å². The lowest BCUT2D eigenvalue weighted by molar-refractivity contribution is 0.103. The third kappa shape index (κ3) is 4.83. The van der Waals surface area contributed by atoms with Gasteiger partial charge in [0.1, 0.15) is 4.88 Å². The van der Waals surface area contributed by atoms with E-state index >= 15 is 0 Å². The fraction of sp³-hybridized carbons (Fsp3) is 0.250. The molecule has 0 bridgehead atoms. The Labute approximate surface area is 162 Å². The number of urea groups is 1. The highest BCUT2D eigenvalue weighted by Gasteiger charge is 2.17. The van der Waals surface area contributed by atoms with Gasteiger partial charge in [0.05, 0.1) is 5.69 Å². The van der Waals surface area contributed by atoms with E-state index in [-0.39, 0.29) is 11.9 Å². The van der Waals surface area contributed by atoms with Gasteiger partial charge in [-0.25, -0.2) is 9.78 Å². The Morgan fingerprint density at radius 3 is 2.63 bits per heavy atom. The largest absolute Gasteiger partial charge is 0.338 e. The van der Waals surface area contributed by atoms with Crippen molar-refractivity contribution in [2.75, 3.05) is 17.2 Å². The number of aryl methyl sites for hydroxylation is 1. The number of hydrogen-bond donors (Lipinski definition) is 3. The van der Waals surface area contributed by atoms with Gasteiger partial charge in [-0.2, -0.15) is 0 Å². The highest BCUT2D eigenvalue weighted by Crippen LogP contribution is 2.25. The van der Waals surface area contributed by atoms with E-state index in [0.29, 0.717) is 22.2 Å². The predicted octanol–water partition coefficient (Wildman–Crippen LogP) is 4.78. The van der Waals surface area contributed by atoms with Gasteiger partial charge in [0.15, 0.2) is 5.13 Å². The van der Waals surface area contributed by atoms with E-state index in [0.717, 1.165) is 40.6 Å². The first kappa shape index (κ1) is 18.8. The lowest BCUT2D eigenvalue weighted by atomic mass is 10.1. The second-order valence-electron chi connectivity index (χ2n) is 6.18. The summed E-state index contributed by atoms with van der Waals surface area (Å²) in [6.07, 6.45) is 1.93. The predicted molar refractivity (Wildman–Crippen MR) is 111 cm³/mol. The number of rotatable bonds is 6. The number of unbranched alkanes of at least 4 members (excludes halogenated alkanes) is 1. The van der Waals surface area contributed by atoms with Crippen molar-refractivity contribution < 1.29 is 9.59 Å². The number of carbonyl (C=O) groups is 2. The van der Waals surface area contributed by atoms with Gasteiger partial charge in [0, 0.05) is 12.2 Å². The number of aromatic nitrogens is 1. The molecular weight excluding hydrogens is 360 g/mol. The summed E-state index contributed by atoms with van der Waals surface area (Å²) in [5, 5.41) is 10.9. The van der Waals surface area contributed by atoms with Crippen LogP contribution in [0.1, 0.15) is 35.1 Å². The zero-order valence-corrected chi connectivity index (χ0v) is 16.2. The molecular formula is C20H22N4O2S. The lowest BCUT2D eigenvalue weighted by Gasteiger charge is -2.06. The number of nitrogens with zero attached hydrogens (tertiary/aromatic N) is 1. The number of anilines is 2. The third-order valence-electron chi connectivity index (χ3n) is 4.05. The SMILES string of the molecule is CCCCNC(=O)Nc1nc(C)c(C(=O)Nc2ccc3ccccc3c2)s1. The maximum absolute atomic E-state index is 12.6. The second-order valence-corrected chi connectivity index (χ2v) is 7.18. The molecule has 0 saturated carbocycles. The van der Waals surface area contributed by atoms with Gasteiger partial charge in [0.2, 0.25) is 0 Å². The van der Waals surface area contributed by atoms with Gasteiger partial charge >= 0.3 is 6.03 Å². The van der Waals surface area contributed by atoms with Crippen LogP contribution in [0.15, 0.2) is 42.5 Å². The van der Waals surface area contributed by atoms with Crippen LogP contribution in [-0.2, 0) is 0 Å². The summed E-state index contributed by atoms with van der Waals surface area (Å²) in [5.74, 6) is -0.236. The maximum Gasteiger partial charge on any atom is 0.321 e. The number of carbonyl (C=O) groups excluding carboxylic acids is 2. The van der Waals surface area contributed by atoms with Crippen LogP contribution in [-0.4, -0.2) is 23.5 Å². The van der Waals surface area contributed by atoms with Gasteiger partial charge in [-0.05, 0) is 36.2 Å². The molecule has 0 atom stereocenters. The van der Waals surface area contributed by atoms with Crippen LogP contribution < -0.4 is 16.0 Å². The van der Waals surface area contributed by atoms with Crippen molar-refractivity contribution in [2.24, 2.45) is 0 Å². The first-order valence-electron chi connectivity index (χ1n) is 8.89. The average Bonchev–Trinajstić information content (AvgIpc) is 3.02. The Kier molecular flexibility index (Phi) is 6.03. The van der Waals surface area contributed by atoms with Crippen molar-refractivity contribution in [3.8, 4) is 0 Å². The zero-order chi connectivity index (χ0) is 19.2. The van der Waals surface area contributed by atoms with Crippen molar-refractivity contribution in [3.05, 3.63) is 53.0 Å². The van der Waals surface area contributed by atoms with Gasteiger partial charge in [-0.3, -0.25) is 10.1 Å². The maximum atomic E-state index is 12.6. The van der Waals surface area contributed by atoms with E-state index < -0.39 is 0 Å². The van der Waals surface area contributed by atoms with E-state index in [1.807, 2.05) is 42.5 Å². The molecule has 3 amide bonds. The monoisotopic (exact) mass is 382 g/mol. The summed E-state index contributed by atoms with van der Waals surface area (Å²) in [7, 11) is 0. The molecule has 7 heteroatoms. The molecule has 0 fully saturated rings. The lowest BCUT2D eigenvalue weighted by Crippen LogP contribution is -2.29. The summed E-state index contributed by atoms with van der Waals surface area (Å²) in [5.41, 5.74) is 1.31. The number of benzene rings is 2. The number of hydrogen-bond acceptors (Lipinski definition) is 4. The van der Waals surface area contributed by atoms with Crippen molar-refractivity contribution in [1.82, 2.24) is 10.3 Å². The molecule has 0 unspecified atom stereocenters. The highest BCUT2D eigenvalue weighted by atomic mass is 32.1. The van der Waals surface area contributed by atoms with Crippen LogP contribution in [0.2, 0.25) is 0 Å². The summed E-state index contributed by atoms with van der Waals surface area (Å²) in [4.78, 5) is 29.2.